The second kappa shape index (κ2) is 8.18. The van der Waals surface area contributed by atoms with Gasteiger partial charge in [0.25, 0.3) is 5.91 Å². The molecule has 138 valence electrons. The minimum atomic E-state index is -0.295. The third-order valence-corrected chi connectivity index (χ3v) is 3.87. The monoisotopic (exact) mass is 365 g/mol. The summed E-state index contributed by atoms with van der Waals surface area (Å²) in [6.07, 6.45) is 3.13. The Hall–Kier alpha value is -3.61. The van der Waals surface area contributed by atoms with Gasteiger partial charge in [-0.2, -0.15) is 0 Å². The van der Waals surface area contributed by atoms with E-state index in [1.165, 1.54) is 19.2 Å². The fourth-order valence-electron chi connectivity index (χ4n) is 2.39. The standard InChI is InChI=1S/C20H19N3O4/c1-13(24)15-10-18(22-12-15)20(25)23-11-14-7-8-21-19(9-14)27-17-5-3-16(26-2)4-6-17/h3-10,12,22H,11H2,1-2H3,(H,23,25). The Morgan fingerprint density at radius 1 is 1.11 bits per heavy atom. The second-order valence-electron chi connectivity index (χ2n) is 5.82. The number of pyridine rings is 1. The SMILES string of the molecule is COc1ccc(Oc2cc(CNC(=O)c3cc(C(C)=O)c[nH]3)ccn2)cc1. The molecular formula is C20H19N3O4. The number of aromatic nitrogens is 2. The van der Waals surface area contributed by atoms with Crippen molar-refractivity contribution in [2.24, 2.45) is 0 Å². The molecule has 2 aromatic heterocycles. The van der Waals surface area contributed by atoms with Crippen molar-refractivity contribution in [1.82, 2.24) is 15.3 Å². The molecule has 0 unspecified atom stereocenters. The van der Waals surface area contributed by atoms with Crippen molar-refractivity contribution in [3.63, 3.8) is 0 Å². The molecule has 0 radical (unpaired) electrons. The van der Waals surface area contributed by atoms with E-state index in [4.69, 9.17) is 9.47 Å². The molecule has 0 saturated carbocycles. The van der Waals surface area contributed by atoms with Gasteiger partial charge in [-0.05, 0) is 48.9 Å². The van der Waals surface area contributed by atoms with Crippen LogP contribution >= 0.6 is 0 Å². The summed E-state index contributed by atoms with van der Waals surface area (Å²) in [5.41, 5.74) is 1.64. The van der Waals surface area contributed by atoms with Crippen LogP contribution in [0.4, 0.5) is 0 Å². The largest absolute Gasteiger partial charge is 0.497 e. The number of hydrogen-bond donors (Lipinski definition) is 2. The zero-order valence-corrected chi connectivity index (χ0v) is 15.0. The predicted molar refractivity (Wildman–Crippen MR) is 99.3 cm³/mol. The summed E-state index contributed by atoms with van der Waals surface area (Å²) >= 11 is 0. The molecule has 7 heteroatoms. The van der Waals surface area contributed by atoms with E-state index in [1.54, 1.807) is 49.7 Å². The van der Waals surface area contributed by atoms with Gasteiger partial charge in [-0.25, -0.2) is 4.98 Å². The summed E-state index contributed by atoms with van der Waals surface area (Å²) in [7, 11) is 1.60. The van der Waals surface area contributed by atoms with Gasteiger partial charge in [0, 0.05) is 30.6 Å². The number of hydrogen-bond acceptors (Lipinski definition) is 5. The quantitative estimate of drug-likeness (QED) is 0.626. The Kier molecular flexibility index (Phi) is 5.51. The minimum Gasteiger partial charge on any atom is -0.497 e. The van der Waals surface area contributed by atoms with E-state index >= 15 is 0 Å². The lowest BCUT2D eigenvalue weighted by atomic mass is 10.2. The zero-order chi connectivity index (χ0) is 19.2. The first-order valence-corrected chi connectivity index (χ1v) is 8.29. The predicted octanol–water partition coefficient (Wildman–Crippen LogP) is 3.34. The average molecular weight is 365 g/mol. The Morgan fingerprint density at radius 2 is 1.85 bits per heavy atom. The molecule has 0 bridgehead atoms. The number of H-pyrrole nitrogens is 1. The van der Waals surface area contributed by atoms with Crippen LogP contribution in [0.1, 0.15) is 33.3 Å². The third kappa shape index (κ3) is 4.72. The molecule has 2 heterocycles. The molecule has 27 heavy (non-hydrogen) atoms. The van der Waals surface area contributed by atoms with Crippen LogP contribution in [0.25, 0.3) is 0 Å². The van der Waals surface area contributed by atoms with E-state index in [9.17, 15) is 9.59 Å². The van der Waals surface area contributed by atoms with E-state index in [-0.39, 0.29) is 11.7 Å². The van der Waals surface area contributed by atoms with E-state index < -0.39 is 0 Å². The first-order valence-electron chi connectivity index (χ1n) is 8.29. The maximum atomic E-state index is 12.2. The van der Waals surface area contributed by atoms with Crippen LogP contribution in [0.2, 0.25) is 0 Å². The molecule has 1 aromatic carbocycles. The molecular weight excluding hydrogens is 346 g/mol. The highest BCUT2D eigenvalue weighted by atomic mass is 16.5. The fourth-order valence-corrected chi connectivity index (χ4v) is 2.39. The van der Waals surface area contributed by atoms with Crippen LogP contribution in [-0.2, 0) is 6.54 Å². The number of rotatable bonds is 7. The number of amides is 1. The number of ether oxygens (including phenoxy) is 2. The maximum absolute atomic E-state index is 12.2. The zero-order valence-electron chi connectivity index (χ0n) is 15.0. The number of nitrogens with one attached hydrogen (secondary N) is 2. The van der Waals surface area contributed by atoms with Crippen LogP contribution in [-0.4, -0.2) is 28.8 Å². The van der Waals surface area contributed by atoms with E-state index in [0.717, 1.165) is 11.3 Å². The van der Waals surface area contributed by atoms with Gasteiger partial charge in [0.05, 0.1) is 7.11 Å². The molecule has 0 aliphatic carbocycles. The molecule has 0 atom stereocenters. The molecule has 1 amide bonds. The topological polar surface area (TPSA) is 93.3 Å². The number of ketones is 1. The smallest absolute Gasteiger partial charge is 0.267 e. The Balaban J connectivity index is 1.61. The van der Waals surface area contributed by atoms with Crippen molar-refractivity contribution >= 4 is 11.7 Å². The van der Waals surface area contributed by atoms with Gasteiger partial charge in [0.1, 0.15) is 17.2 Å². The van der Waals surface area contributed by atoms with Crippen LogP contribution in [0.5, 0.6) is 17.4 Å². The molecule has 0 saturated heterocycles. The van der Waals surface area contributed by atoms with Crippen LogP contribution in [0.15, 0.2) is 54.9 Å². The number of aromatic amines is 1. The fraction of sp³-hybridized carbons (Fsp3) is 0.150. The molecule has 2 N–H and O–H groups in total. The third-order valence-electron chi connectivity index (χ3n) is 3.87. The van der Waals surface area contributed by atoms with E-state index in [1.807, 2.05) is 0 Å². The number of benzene rings is 1. The Labute approximate surface area is 156 Å². The van der Waals surface area contributed by atoms with Crippen molar-refractivity contribution in [3.05, 3.63) is 71.7 Å². The van der Waals surface area contributed by atoms with Crippen molar-refractivity contribution in [3.8, 4) is 17.4 Å². The van der Waals surface area contributed by atoms with Crippen LogP contribution in [0.3, 0.4) is 0 Å². The lowest BCUT2D eigenvalue weighted by Crippen LogP contribution is -2.23. The van der Waals surface area contributed by atoms with Gasteiger partial charge in [0.2, 0.25) is 5.88 Å². The molecule has 3 aromatic rings. The van der Waals surface area contributed by atoms with Gasteiger partial charge in [-0.1, -0.05) is 0 Å². The van der Waals surface area contributed by atoms with Crippen molar-refractivity contribution in [2.45, 2.75) is 13.5 Å². The first-order chi connectivity index (χ1) is 13.0. The molecule has 0 aliphatic heterocycles. The van der Waals surface area contributed by atoms with Crippen molar-refractivity contribution < 1.29 is 19.1 Å². The van der Waals surface area contributed by atoms with E-state index in [2.05, 4.69) is 15.3 Å². The summed E-state index contributed by atoms with van der Waals surface area (Å²) in [5, 5.41) is 2.79. The lowest BCUT2D eigenvalue weighted by Gasteiger charge is -2.08. The van der Waals surface area contributed by atoms with Crippen LogP contribution in [0, 0.1) is 0 Å². The summed E-state index contributed by atoms with van der Waals surface area (Å²) in [6, 6.07) is 12.2. The summed E-state index contributed by atoms with van der Waals surface area (Å²) in [5.74, 6) is 1.40. The molecule has 0 aliphatic rings. The Morgan fingerprint density at radius 3 is 2.52 bits per heavy atom. The highest BCUT2D eigenvalue weighted by Crippen LogP contribution is 2.22. The summed E-state index contributed by atoms with van der Waals surface area (Å²) < 4.78 is 10.8. The number of methoxy groups -OCH3 is 1. The van der Waals surface area contributed by atoms with Gasteiger partial charge < -0.3 is 19.8 Å². The van der Waals surface area contributed by atoms with Gasteiger partial charge in [-0.3, -0.25) is 9.59 Å². The summed E-state index contributed by atoms with van der Waals surface area (Å²) in [6.45, 7) is 1.75. The number of Topliss-reactive ketones (excluding diaryl/α,β-unsaturated/α-hetero) is 1. The van der Waals surface area contributed by atoms with Crippen LogP contribution < -0.4 is 14.8 Å². The highest BCUT2D eigenvalue weighted by Gasteiger charge is 2.10. The molecule has 0 fully saturated rings. The second-order valence-corrected chi connectivity index (χ2v) is 5.82. The van der Waals surface area contributed by atoms with Gasteiger partial charge >= 0.3 is 0 Å². The molecule has 3 rings (SSSR count). The number of carbonyl (C=O) groups excluding carboxylic acids is 2. The molecule has 0 spiro atoms. The maximum Gasteiger partial charge on any atom is 0.267 e. The van der Waals surface area contributed by atoms with E-state index in [0.29, 0.717) is 29.4 Å². The molecule has 7 nitrogen and oxygen atoms in total. The highest BCUT2D eigenvalue weighted by molar-refractivity contribution is 5.99. The van der Waals surface area contributed by atoms with Crippen molar-refractivity contribution in [2.75, 3.05) is 7.11 Å². The Bertz CT molecular complexity index is 948. The van der Waals surface area contributed by atoms with Crippen molar-refractivity contribution in [1.29, 1.82) is 0 Å². The number of nitrogens with zero attached hydrogens (tertiary/aromatic N) is 1. The first kappa shape index (κ1) is 18.2. The average Bonchev–Trinajstić information content (AvgIpc) is 3.18. The lowest BCUT2D eigenvalue weighted by molar-refractivity contribution is 0.0946. The normalized spacial score (nSPS) is 10.3. The minimum absolute atomic E-state index is 0.0974. The number of carbonyl (C=O) groups is 2. The van der Waals surface area contributed by atoms with Gasteiger partial charge in [0.15, 0.2) is 5.78 Å². The summed E-state index contributed by atoms with van der Waals surface area (Å²) in [4.78, 5) is 30.5. The van der Waals surface area contributed by atoms with Gasteiger partial charge in [-0.15, -0.1) is 0 Å².